The van der Waals surface area contributed by atoms with E-state index in [4.69, 9.17) is 5.11 Å². The number of carbonyl (C=O) groups is 2. The molecule has 0 aromatic carbocycles. The SMILES string of the molecule is CC(NC(=O)Cn1ccc(C(=O)O)n1)c1ccc(C(F)(F)F)s1. The highest BCUT2D eigenvalue weighted by molar-refractivity contribution is 7.12. The lowest BCUT2D eigenvalue weighted by molar-refractivity contribution is -0.134. The van der Waals surface area contributed by atoms with Crippen LogP contribution in [0.5, 0.6) is 0 Å². The summed E-state index contributed by atoms with van der Waals surface area (Å²) in [7, 11) is 0. The molecule has 2 heterocycles. The molecule has 0 spiro atoms. The molecule has 0 bridgehead atoms. The van der Waals surface area contributed by atoms with Gasteiger partial charge in [-0.2, -0.15) is 18.3 Å². The quantitative estimate of drug-likeness (QED) is 0.871. The van der Waals surface area contributed by atoms with Gasteiger partial charge in [-0.15, -0.1) is 11.3 Å². The van der Waals surface area contributed by atoms with E-state index in [-0.39, 0.29) is 12.2 Å². The molecular formula is C13H12F3N3O3S. The summed E-state index contributed by atoms with van der Waals surface area (Å²) in [6, 6.07) is 2.93. The van der Waals surface area contributed by atoms with Gasteiger partial charge >= 0.3 is 12.1 Å². The van der Waals surface area contributed by atoms with Gasteiger partial charge in [0.1, 0.15) is 11.4 Å². The molecule has 2 N–H and O–H groups in total. The summed E-state index contributed by atoms with van der Waals surface area (Å²) in [6.07, 6.45) is -3.07. The van der Waals surface area contributed by atoms with E-state index in [2.05, 4.69) is 10.4 Å². The fourth-order valence-corrected chi connectivity index (χ4v) is 2.68. The van der Waals surface area contributed by atoms with Gasteiger partial charge in [0.05, 0.1) is 6.04 Å². The summed E-state index contributed by atoms with van der Waals surface area (Å²) in [5.74, 6) is -1.70. The third kappa shape index (κ3) is 4.31. The van der Waals surface area contributed by atoms with E-state index >= 15 is 0 Å². The van der Waals surface area contributed by atoms with Gasteiger partial charge in [0.15, 0.2) is 5.69 Å². The van der Waals surface area contributed by atoms with Crippen molar-refractivity contribution in [3.63, 3.8) is 0 Å². The number of carboxylic acid groups (broad SMARTS) is 1. The van der Waals surface area contributed by atoms with Gasteiger partial charge in [0.2, 0.25) is 5.91 Å². The molecule has 10 heteroatoms. The van der Waals surface area contributed by atoms with Crippen molar-refractivity contribution in [1.82, 2.24) is 15.1 Å². The van der Waals surface area contributed by atoms with Crippen LogP contribution in [0.15, 0.2) is 24.4 Å². The summed E-state index contributed by atoms with van der Waals surface area (Å²) >= 11 is 0.564. The number of alkyl halides is 3. The zero-order chi connectivity index (χ0) is 17.2. The lowest BCUT2D eigenvalue weighted by Crippen LogP contribution is -2.30. The second-order valence-electron chi connectivity index (χ2n) is 4.69. The van der Waals surface area contributed by atoms with Crippen LogP contribution in [0, 0.1) is 0 Å². The molecule has 2 rings (SSSR count). The Hall–Kier alpha value is -2.36. The van der Waals surface area contributed by atoms with E-state index in [9.17, 15) is 22.8 Å². The number of rotatable bonds is 5. The van der Waals surface area contributed by atoms with Gasteiger partial charge in [-0.25, -0.2) is 4.79 Å². The van der Waals surface area contributed by atoms with Crippen molar-refractivity contribution in [3.05, 3.63) is 39.8 Å². The Balaban J connectivity index is 1.96. The van der Waals surface area contributed by atoms with Crippen molar-refractivity contribution in [2.24, 2.45) is 0 Å². The summed E-state index contributed by atoms with van der Waals surface area (Å²) in [5.41, 5.74) is -0.195. The number of carboxylic acids is 1. The minimum absolute atomic E-state index is 0.195. The highest BCUT2D eigenvalue weighted by Crippen LogP contribution is 2.36. The minimum Gasteiger partial charge on any atom is -0.476 e. The van der Waals surface area contributed by atoms with Crippen LogP contribution in [0.3, 0.4) is 0 Å². The number of aromatic carboxylic acids is 1. The number of halogens is 3. The van der Waals surface area contributed by atoms with Crippen molar-refractivity contribution in [2.75, 3.05) is 0 Å². The van der Waals surface area contributed by atoms with Crippen LogP contribution in [-0.2, 0) is 17.5 Å². The molecule has 0 fully saturated rings. The number of aromatic nitrogens is 2. The fraction of sp³-hybridized carbons (Fsp3) is 0.308. The Kier molecular flexibility index (Phi) is 4.73. The lowest BCUT2D eigenvalue weighted by Gasteiger charge is -2.12. The minimum atomic E-state index is -4.41. The number of thiophene rings is 1. The van der Waals surface area contributed by atoms with E-state index in [0.29, 0.717) is 16.2 Å². The highest BCUT2D eigenvalue weighted by atomic mass is 32.1. The Morgan fingerprint density at radius 3 is 2.61 bits per heavy atom. The number of hydrogen-bond acceptors (Lipinski definition) is 4. The summed E-state index contributed by atoms with van der Waals surface area (Å²) in [4.78, 5) is 22.2. The first-order chi connectivity index (χ1) is 10.7. The molecule has 0 aliphatic carbocycles. The number of carbonyl (C=O) groups excluding carboxylic acids is 1. The zero-order valence-corrected chi connectivity index (χ0v) is 12.6. The van der Waals surface area contributed by atoms with Crippen molar-refractivity contribution in [1.29, 1.82) is 0 Å². The molecule has 0 saturated carbocycles. The molecule has 1 unspecified atom stereocenters. The van der Waals surface area contributed by atoms with Gasteiger partial charge in [0, 0.05) is 11.1 Å². The number of nitrogens with one attached hydrogen (secondary N) is 1. The van der Waals surface area contributed by atoms with Crippen molar-refractivity contribution in [2.45, 2.75) is 25.7 Å². The average molecular weight is 347 g/mol. The maximum Gasteiger partial charge on any atom is 0.425 e. The molecule has 0 saturated heterocycles. The first-order valence-electron chi connectivity index (χ1n) is 6.40. The van der Waals surface area contributed by atoms with Crippen molar-refractivity contribution in [3.8, 4) is 0 Å². The van der Waals surface area contributed by atoms with Gasteiger partial charge in [-0.1, -0.05) is 0 Å². The predicted octanol–water partition coefficient (Wildman–Crippen LogP) is 2.54. The molecule has 0 radical (unpaired) electrons. The van der Waals surface area contributed by atoms with Crippen molar-refractivity contribution >= 4 is 23.2 Å². The summed E-state index contributed by atoms with van der Waals surface area (Å²) < 4.78 is 38.8. The third-order valence-electron chi connectivity index (χ3n) is 2.88. The Bertz CT molecular complexity index is 723. The van der Waals surface area contributed by atoms with Crippen LogP contribution >= 0.6 is 11.3 Å². The van der Waals surface area contributed by atoms with Gasteiger partial charge in [-0.3, -0.25) is 9.48 Å². The first kappa shape index (κ1) is 17.0. The van der Waals surface area contributed by atoms with Crippen LogP contribution in [0.2, 0.25) is 0 Å². The second kappa shape index (κ2) is 6.41. The molecule has 0 aliphatic heterocycles. The predicted molar refractivity (Wildman–Crippen MR) is 75.1 cm³/mol. The monoisotopic (exact) mass is 347 g/mol. The largest absolute Gasteiger partial charge is 0.476 e. The van der Waals surface area contributed by atoms with E-state index < -0.39 is 29.0 Å². The van der Waals surface area contributed by atoms with Crippen LogP contribution in [-0.4, -0.2) is 26.8 Å². The first-order valence-corrected chi connectivity index (χ1v) is 7.21. The molecule has 6 nitrogen and oxygen atoms in total. The summed E-state index contributed by atoms with van der Waals surface area (Å²) in [5, 5.41) is 14.9. The molecule has 23 heavy (non-hydrogen) atoms. The molecular weight excluding hydrogens is 335 g/mol. The normalized spacial score (nSPS) is 12.9. The molecule has 1 atom stereocenters. The second-order valence-corrected chi connectivity index (χ2v) is 5.81. The highest BCUT2D eigenvalue weighted by Gasteiger charge is 2.32. The standard InChI is InChI=1S/C13H12F3N3O3S/c1-7(9-2-3-10(23-9)13(14,15)16)17-11(20)6-19-5-4-8(18-19)12(21)22/h2-5,7H,6H2,1H3,(H,17,20)(H,21,22). The number of amides is 1. The van der Waals surface area contributed by atoms with Crippen molar-refractivity contribution < 1.29 is 27.9 Å². The zero-order valence-electron chi connectivity index (χ0n) is 11.8. The molecule has 0 aliphatic rings. The molecule has 1 amide bonds. The molecule has 2 aromatic heterocycles. The Morgan fingerprint density at radius 1 is 1.39 bits per heavy atom. The van der Waals surface area contributed by atoms with Crippen LogP contribution in [0.25, 0.3) is 0 Å². The molecule has 124 valence electrons. The number of nitrogens with zero attached hydrogens (tertiary/aromatic N) is 2. The summed E-state index contributed by atoms with van der Waals surface area (Å²) in [6.45, 7) is 1.34. The maximum atomic E-state index is 12.5. The molecule has 2 aromatic rings. The third-order valence-corrected chi connectivity index (χ3v) is 4.19. The van der Waals surface area contributed by atoms with Crippen LogP contribution in [0.1, 0.15) is 33.2 Å². The van der Waals surface area contributed by atoms with Crippen LogP contribution < -0.4 is 5.32 Å². The Morgan fingerprint density at radius 2 is 2.09 bits per heavy atom. The average Bonchev–Trinajstić information content (AvgIpc) is 3.05. The van der Waals surface area contributed by atoms with E-state index in [1.165, 1.54) is 18.3 Å². The smallest absolute Gasteiger partial charge is 0.425 e. The number of hydrogen-bond donors (Lipinski definition) is 2. The maximum absolute atomic E-state index is 12.5. The van der Waals surface area contributed by atoms with Gasteiger partial charge in [-0.05, 0) is 25.1 Å². The van der Waals surface area contributed by atoms with Gasteiger partial charge in [0.25, 0.3) is 0 Å². The van der Waals surface area contributed by atoms with E-state index in [0.717, 1.165) is 10.7 Å². The topological polar surface area (TPSA) is 84.2 Å². The van der Waals surface area contributed by atoms with Crippen LogP contribution in [0.4, 0.5) is 13.2 Å². The van der Waals surface area contributed by atoms with E-state index in [1.54, 1.807) is 6.92 Å². The van der Waals surface area contributed by atoms with Gasteiger partial charge < -0.3 is 10.4 Å². The Labute approximate surface area is 132 Å². The lowest BCUT2D eigenvalue weighted by atomic mass is 10.2. The fourth-order valence-electron chi connectivity index (χ4n) is 1.81. The van der Waals surface area contributed by atoms with E-state index in [1.807, 2.05) is 0 Å².